The second-order valence-corrected chi connectivity index (χ2v) is 4.80. The molecule has 1 atom stereocenters. The van der Waals surface area contributed by atoms with Crippen LogP contribution in [0.4, 0.5) is 0 Å². The van der Waals surface area contributed by atoms with Gasteiger partial charge < -0.3 is 5.32 Å². The Morgan fingerprint density at radius 3 is 2.06 bits per heavy atom. The highest BCUT2D eigenvalue weighted by atomic mass is 14.8. The van der Waals surface area contributed by atoms with Gasteiger partial charge in [-0.3, -0.25) is 0 Å². The van der Waals surface area contributed by atoms with Crippen molar-refractivity contribution in [3.05, 3.63) is 35.4 Å². The summed E-state index contributed by atoms with van der Waals surface area (Å²) in [6.07, 6.45) is 3.89. The monoisotopic (exact) mass is 249 g/mol. The van der Waals surface area contributed by atoms with E-state index in [0.29, 0.717) is 0 Å². The van der Waals surface area contributed by atoms with Gasteiger partial charge in [-0.1, -0.05) is 65.3 Å². The molecule has 18 heavy (non-hydrogen) atoms. The Kier molecular flexibility index (Phi) is 10.8. The van der Waals surface area contributed by atoms with Crippen molar-refractivity contribution < 1.29 is 0 Å². The molecule has 0 bridgehead atoms. The van der Waals surface area contributed by atoms with Crippen LogP contribution in [0, 0.1) is 0 Å². The van der Waals surface area contributed by atoms with Crippen molar-refractivity contribution in [2.24, 2.45) is 0 Å². The van der Waals surface area contributed by atoms with Gasteiger partial charge in [0, 0.05) is 0 Å². The fraction of sp³-hybridized carbons (Fsp3) is 0.647. The molecule has 0 aromatic heterocycles. The van der Waals surface area contributed by atoms with E-state index in [4.69, 9.17) is 0 Å². The quantitative estimate of drug-likeness (QED) is 0.796. The zero-order valence-corrected chi connectivity index (χ0v) is 12.9. The Balaban J connectivity index is 0.000000309. The molecule has 0 fully saturated rings. The molecule has 1 heteroatoms. The van der Waals surface area contributed by atoms with E-state index in [-0.39, 0.29) is 0 Å². The molecule has 0 aliphatic heterocycles. The Labute approximate surface area is 114 Å². The number of benzene rings is 1. The molecule has 0 unspecified atom stereocenters. The van der Waals surface area contributed by atoms with Crippen LogP contribution >= 0.6 is 0 Å². The van der Waals surface area contributed by atoms with Crippen molar-refractivity contribution in [3.8, 4) is 0 Å². The van der Waals surface area contributed by atoms with Crippen LogP contribution < -0.4 is 5.32 Å². The molecule has 1 aromatic carbocycles. The summed E-state index contributed by atoms with van der Waals surface area (Å²) in [4.78, 5) is 0. The second kappa shape index (κ2) is 11.3. The second-order valence-electron chi connectivity index (χ2n) is 4.80. The summed E-state index contributed by atoms with van der Waals surface area (Å²) < 4.78 is 0. The van der Waals surface area contributed by atoms with Crippen molar-refractivity contribution in [2.45, 2.75) is 59.8 Å². The molecule has 104 valence electrons. The SMILES string of the molecule is CCC.CCNCC.C[C@H]1CCc2ccccc21. The molecule has 0 heterocycles. The zero-order valence-electron chi connectivity index (χ0n) is 12.9. The molecule has 0 spiro atoms. The van der Waals surface area contributed by atoms with E-state index in [1.54, 1.807) is 11.1 Å². The maximum absolute atomic E-state index is 3.11. The van der Waals surface area contributed by atoms with E-state index >= 15 is 0 Å². The van der Waals surface area contributed by atoms with E-state index in [1.807, 2.05) is 0 Å². The summed E-state index contributed by atoms with van der Waals surface area (Å²) in [5, 5.41) is 3.11. The lowest BCUT2D eigenvalue weighted by Crippen LogP contribution is -2.09. The van der Waals surface area contributed by atoms with Crippen LogP contribution in [0.5, 0.6) is 0 Å². The van der Waals surface area contributed by atoms with Gasteiger partial charge in [0.05, 0.1) is 0 Å². The minimum atomic E-state index is 0.802. The molecule has 1 N–H and O–H groups in total. The lowest BCUT2D eigenvalue weighted by atomic mass is 10.0. The summed E-state index contributed by atoms with van der Waals surface area (Å²) in [7, 11) is 0. The first-order valence-corrected chi connectivity index (χ1v) is 7.49. The number of nitrogens with one attached hydrogen (secondary N) is 1. The largest absolute Gasteiger partial charge is 0.317 e. The average Bonchev–Trinajstić information content (AvgIpc) is 2.75. The lowest BCUT2D eigenvalue weighted by Gasteiger charge is -2.01. The van der Waals surface area contributed by atoms with Gasteiger partial charge in [0.1, 0.15) is 0 Å². The normalized spacial score (nSPS) is 15.9. The first kappa shape index (κ1) is 17.2. The van der Waals surface area contributed by atoms with Crippen molar-refractivity contribution in [2.75, 3.05) is 13.1 Å². The van der Waals surface area contributed by atoms with E-state index in [1.165, 1.54) is 19.3 Å². The molecular formula is C17H31N. The van der Waals surface area contributed by atoms with Gasteiger partial charge in [-0.25, -0.2) is 0 Å². The summed E-state index contributed by atoms with van der Waals surface area (Å²) >= 11 is 0. The predicted molar refractivity (Wildman–Crippen MR) is 83.4 cm³/mol. The molecule has 1 aliphatic carbocycles. The maximum atomic E-state index is 3.11. The maximum Gasteiger partial charge on any atom is -0.00775 e. The number of aryl methyl sites for hydroxylation is 1. The first-order chi connectivity index (χ1) is 8.71. The number of rotatable bonds is 2. The smallest absolute Gasteiger partial charge is 0.00775 e. The van der Waals surface area contributed by atoms with E-state index < -0.39 is 0 Å². The standard InChI is InChI=1S/C10H12.C4H11N.C3H8/c1-8-6-7-9-4-2-3-5-10(8)9;1-3-5-4-2;1-3-2/h2-5,8H,6-7H2,1H3;5H,3-4H2,1-2H3;3H2,1-2H3/t8-;;/m0../s1. The highest BCUT2D eigenvalue weighted by Gasteiger charge is 2.16. The van der Waals surface area contributed by atoms with Gasteiger partial charge in [0.2, 0.25) is 0 Å². The van der Waals surface area contributed by atoms with Crippen molar-refractivity contribution in [3.63, 3.8) is 0 Å². The van der Waals surface area contributed by atoms with Crippen LogP contribution in [0.25, 0.3) is 0 Å². The molecule has 0 saturated carbocycles. The van der Waals surface area contributed by atoms with Crippen molar-refractivity contribution in [1.29, 1.82) is 0 Å². The van der Waals surface area contributed by atoms with Gasteiger partial charge in [0.25, 0.3) is 0 Å². The van der Waals surface area contributed by atoms with Gasteiger partial charge in [0.15, 0.2) is 0 Å². The van der Waals surface area contributed by atoms with E-state index in [0.717, 1.165) is 19.0 Å². The molecule has 1 nitrogen and oxygen atoms in total. The fourth-order valence-electron chi connectivity index (χ4n) is 2.02. The molecular weight excluding hydrogens is 218 g/mol. The van der Waals surface area contributed by atoms with Gasteiger partial charge in [-0.2, -0.15) is 0 Å². The Morgan fingerprint density at radius 2 is 1.61 bits per heavy atom. The number of hydrogen-bond donors (Lipinski definition) is 1. The highest BCUT2D eigenvalue weighted by Crippen LogP contribution is 2.31. The van der Waals surface area contributed by atoms with E-state index in [9.17, 15) is 0 Å². The van der Waals surface area contributed by atoms with Crippen LogP contribution in [0.1, 0.15) is 64.5 Å². The third kappa shape index (κ3) is 6.80. The summed E-state index contributed by atoms with van der Waals surface area (Å²) in [6, 6.07) is 8.78. The van der Waals surface area contributed by atoms with Gasteiger partial charge >= 0.3 is 0 Å². The number of hydrogen-bond acceptors (Lipinski definition) is 1. The third-order valence-electron chi connectivity index (χ3n) is 2.93. The molecule has 0 saturated heterocycles. The van der Waals surface area contributed by atoms with Crippen LogP contribution in [-0.2, 0) is 6.42 Å². The van der Waals surface area contributed by atoms with Crippen molar-refractivity contribution in [1.82, 2.24) is 5.32 Å². The summed E-state index contributed by atoms with van der Waals surface area (Å²) in [6.45, 7) is 13.0. The first-order valence-electron chi connectivity index (χ1n) is 7.49. The fourth-order valence-corrected chi connectivity index (χ4v) is 2.02. The Morgan fingerprint density at radius 1 is 1.06 bits per heavy atom. The van der Waals surface area contributed by atoms with Crippen LogP contribution in [-0.4, -0.2) is 13.1 Å². The molecule has 2 rings (SSSR count). The average molecular weight is 249 g/mol. The van der Waals surface area contributed by atoms with Gasteiger partial charge in [-0.15, -0.1) is 0 Å². The topological polar surface area (TPSA) is 12.0 Å². The number of fused-ring (bicyclic) bond motifs is 1. The molecule has 1 aromatic rings. The van der Waals surface area contributed by atoms with Crippen LogP contribution in [0.3, 0.4) is 0 Å². The van der Waals surface area contributed by atoms with Crippen LogP contribution in [0.15, 0.2) is 24.3 Å². The minimum Gasteiger partial charge on any atom is -0.317 e. The molecule has 0 radical (unpaired) electrons. The molecule has 0 amide bonds. The third-order valence-corrected chi connectivity index (χ3v) is 2.93. The zero-order chi connectivity index (χ0) is 13.8. The summed E-state index contributed by atoms with van der Waals surface area (Å²) in [5.74, 6) is 0.802. The highest BCUT2D eigenvalue weighted by molar-refractivity contribution is 5.33. The Bertz CT molecular complexity index is 291. The van der Waals surface area contributed by atoms with Crippen LogP contribution in [0.2, 0.25) is 0 Å². The molecule has 1 aliphatic rings. The van der Waals surface area contributed by atoms with Crippen molar-refractivity contribution >= 4 is 0 Å². The summed E-state index contributed by atoms with van der Waals surface area (Å²) in [5.41, 5.74) is 3.14. The Hall–Kier alpha value is -0.820. The minimum absolute atomic E-state index is 0.802. The van der Waals surface area contributed by atoms with E-state index in [2.05, 4.69) is 64.2 Å². The lowest BCUT2D eigenvalue weighted by molar-refractivity contribution is 0.747. The predicted octanol–water partition coefficient (Wildman–Crippen LogP) is 4.77. The van der Waals surface area contributed by atoms with Gasteiger partial charge in [-0.05, 0) is 43.0 Å².